The molecule has 1 rings (SSSR count). The molecular formula is C14H19BrN2O. The Kier molecular flexibility index (Phi) is 5.64. The van der Waals surface area contributed by atoms with E-state index in [-0.39, 0.29) is 12.0 Å². The molecule has 0 atom stereocenters. The summed E-state index contributed by atoms with van der Waals surface area (Å²) in [5.41, 5.74) is 1.51. The lowest BCUT2D eigenvalue weighted by atomic mass is 9.83. The van der Waals surface area contributed by atoms with Crippen LogP contribution in [-0.4, -0.2) is 18.3 Å². The van der Waals surface area contributed by atoms with Gasteiger partial charge in [-0.15, -0.1) is 0 Å². The summed E-state index contributed by atoms with van der Waals surface area (Å²) in [4.78, 5) is 0. The molecule has 0 saturated carbocycles. The maximum absolute atomic E-state index is 9.50. The van der Waals surface area contributed by atoms with Gasteiger partial charge in [-0.05, 0) is 47.0 Å². The van der Waals surface area contributed by atoms with Crippen molar-refractivity contribution in [3.05, 3.63) is 28.2 Å². The Morgan fingerprint density at radius 2 is 2.06 bits per heavy atom. The van der Waals surface area contributed by atoms with Gasteiger partial charge in [0.2, 0.25) is 0 Å². The zero-order valence-electron chi connectivity index (χ0n) is 10.8. The number of benzene rings is 1. The van der Waals surface area contributed by atoms with Gasteiger partial charge in [0.25, 0.3) is 0 Å². The van der Waals surface area contributed by atoms with E-state index in [0.29, 0.717) is 5.56 Å². The van der Waals surface area contributed by atoms with Crippen LogP contribution in [0.15, 0.2) is 22.7 Å². The molecule has 4 heteroatoms. The standard InChI is InChI=1S/C14H19BrN2O/c1-3-14(4-2,10-18)9-17-12-6-5-11(8-16)13(15)7-12/h5-7,17-18H,3-4,9-10H2,1-2H3. The minimum atomic E-state index is -0.0691. The quantitative estimate of drug-likeness (QED) is 0.845. The number of nitrogens with one attached hydrogen (secondary N) is 1. The third-order valence-electron chi connectivity index (χ3n) is 3.59. The Morgan fingerprint density at radius 3 is 2.50 bits per heavy atom. The summed E-state index contributed by atoms with van der Waals surface area (Å²) in [6.45, 7) is 5.10. The predicted molar refractivity (Wildman–Crippen MR) is 77.4 cm³/mol. The lowest BCUT2D eigenvalue weighted by molar-refractivity contribution is 0.127. The van der Waals surface area contributed by atoms with E-state index in [4.69, 9.17) is 5.26 Å². The number of aliphatic hydroxyl groups is 1. The predicted octanol–water partition coefficient (Wildman–Crippen LogP) is 3.53. The molecule has 0 aliphatic heterocycles. The van der Waals surface area contributed by atoms with Crippen LogP contribution in [0.5, 0.6) is 0 Å². The summed E-state index contributed by atoms with van der Waals surface area (Å²) in [6.07, 6.45) is 1.87. The largest absolute Gasteiger partial charge is 0.396 e. The molecule has 0 aliphatic carbocycles. The molecule has 0 heterocycles. The monoisotopic (exact) mass is 310 g/mol. The summed E-state index contributed by atoms with van der Waals surface area (Å²) in [5, 5.41) is 21.7. The number of nitrogens with zero attached hydrogens (tertiary/aromatic N) is 1. The van der Waals surface area contributed by atoms with E-state index in [1.165, 1.54) is 0 Å². The molecule has 0 amide bonds. The van der Waals surface area contributed by atoms with Gasteiger partial charge in [-0.2, -0.15) is 5.26 Å². The summed E-state index contributed by atoms with van der Waals surface area (Å²) in [6, 6.07) is 7.68. The Balaban J connectivity index is 2.75. The first-order chi connectivity index (χ1) is 8.60. The third-order valence-corrected chi connectivity index (χ3v) is 4.25. The first-order valence-electron chi connectivity index (χ1n) is 6.15. The van der Waals surface area contributed by atoms with Gasteiger partial charge in [0.1, 0.15) is 6.07 Å². The zero-order chi connectivity index (χ0) is 13.6. The second kappa shape index (κ2) is 6.77. The molecule has 3 nitrogen and oxygen atoms in total. The molecule has 1 aromatic rings. The highest BCUT2D eigenvalue weighted by molar-refractivity contribution is 9.10. The van der Waals surface area contributed by atoms with Crippen molar-refractivity contribution in [2.45, 2.75) is 26.7 Å². The van der Waals surface area contributed by atoms with Crippen molar-refractivity contribution in [3.63, 3.8) is 0 Å². The molecule has 1 aromatic carbocycles. The van der Waals surface area contributed by atoms with Gasteiger partial charge in [0.15, 0.2) is 0 Å². The van der Waals surface area contributed by atoms with Crippen molar-refractivity contribution in [2.24, 2.45) is 5.41 Å². The summed E-state index contributed by atoms with van der Waals surface area (Å²) in [7, 11) is 0. The molecule has 0 spiro atoms. The van der Waals surface area contributed by atoms with Gasteiger partial charge < -0.3 is 10.4 Å². The van der Waals surface area contributed by atoms with E-state index in [1.54, 1.807) is 6.07 Å². The second-order valence-corrected chi connectivity index (χ2v) is 5.38. The molecule has 18 heavy (non-hydrogen) atoms. The number of anilines is 1. The van der Waals surface area contributed by atoms with Crippen LogP contribution in [0.3, 0.4) is 0 Å². The maximum Gasteiger partial charge on any atom is 0.100 e. The Labute approximate surface area is 117 Å². The highest BCUT2D eigenvalue weighted by Crippen LogP contribution is 2.27. The van der Waals surface area contributed by atoms with Gasteiger partial charge in [-0.25, -0.2) is 0 Å². The van der Waals surface area contributed by atoms with Crippen molar-refractivity contribution in [2.75, 3.05) is 18.5 Å². The molecule has 0 aromatic heterocycles. The Bertz CT molecular complexity index is 428. The van der Waals surface area contributed by atoms with Crippen LogP contribution < -0.4 is 5.32 Å². The van der Waals surface area contributed by atoms with Gasteiger partial charge in [-0.1, -0.05) is 13.8 Å². The minimum absolute atomic E-state index is 0.0691. The average molecular weight is 311 g/mol. The fraction of sp³-hybridized carbons (Fsp3) is 0.500. The first kappa shape index (κ1) is 15.0. The highest BCUT2D eigenvalue weighted by Gasteiger charge is 2.24. The molecule has 0 aliphatic rings. The van der Waals surface area contributed by atoms with Gasteiger partial charge in [-0.3, -0.25) is 0 Å². The topological polar surface area (TPSA) is 56.0 Å². The smallest absolute Gasteiger partial charge is 0.100 e. The van der Waals surface area contributed by atoms with E-state index < -0.39 is 0 Å². The minimum Gasteiger partial charge on any atom is -0.396 e. The van der Waals surface area contributed by atoms with Crippen LogP contribution in [0.2, 0.25) is 0 Å². The molecule has 0 radical (unpaired) electrons. The summed E-state index contributed by atoms with van der Waals surface area (Å²) >= 11 is 3.37. The number of hydrogen-bond donors (Lipinski definition) is 2. The number of aliphatic hydroxyl groups excluding tert-OH is 1. The van der Waals surface area contributed by atoms with Crippen LogP contribution in [-0.2, 0) is 0 Å². The molecule has 0 bridgehead atoms. The van der Waals surface area contributed by atoms with Crippen molar-refractivity contribution in [3.8, 4) is 6.07 Å². The normalized spacial score (nSPS) is 11.1. The van der Waals surface area contributed by atoms with E-state index >= 15 is 0 Å². The lowest BCUT2D eigenvalue weighted by Gasteiger charge is -2.30. The molecule has 0 fully saturated rings. The lowest BCUT2D eigenvalue weighted by Crippen LogP contribution is -2.32. The molecule has 0 saturated heterocycles. The summed E-state index contributed by atoms with van der Waals surface area (Å²) < 4.78 is 0.789. The number of rotatable bonds is 6. The van der Waals surface area contributed by atoms with Crippen LogP contribution in [0.4, 0.5) is 5.69 Å². The Morgan fingerprint density at radius 1 is 1.39 bits per heavy atom. The van der Waals surface area contributed by atoms with Crippen molar-refractivity contribution in [1.29, 1.82) is 5.26 Å². The van der Waals surface area contributed by atoms with Crippen LogP contribution >= 0.6 is 15.9 Å². The van der Waals surface area contributed by atoms with Gasteiger partial charge in [0, 0.05) is 22.1 Å². The van der Waals surface area contributed by atoms with Crippen LogP contribution in [0, 0.1) is 16.7 Å². The fourth-order valence-corrected chi connectivity index (χ4v) is 2.25. The van der Waals surface area contributed by atoms with Crippen molar-refractivity contribution < 1.29 is 5.11 Å². The van der Waals surface area contributed by atoms with Gasteiger partial charge >= 0.3 is 0 Å². The maximum atomic E-state index is 9.50. The number of hydrogen-bond acceptors (Lipinski definition) is 3. The Hall–Kier alpha value is -1.05. The molecule has 2 N–H and O–H groups in total. The number of nitriles is 1. The van der Waals surface area contributed by atoms with Gasteiger partial charge in [0.05, 0.1) is 12.2 Å². The first-order valence-corrected chi connectivity index (χ1v) is 6.94. The van der Waals surface area contributed by atoms with Crippen LogP contribution in [0.25, 0.3) is 0 Å². The second-order valence-electron chi connectivity index (χ2n) is 4.53. The average Bonchev–Trinajstić information content (AvgIpc) is 2.41. The number of halogens is 1. The SMILES string of the molecule is CCC(CC)(CO)CNc1ccc(C#N)c(Br)c1. The van der Waals surface area contributed by atoms with Crippen molar-refractivity contribution >= 4 is 21.6 Å². The third kappa shape index (κ3) is 3.47. The summed E-state index contributed by atoms with van der Waals surface area (Å²) in [5.74, 6) is 0. The van der Waals surface area contributed by atoms with E-state index in [0.717, 1.165) is 29.5 Å². The van der Waals surface area contributed by atoms with E-state index in [1.807, 2.05) is 12.1 Å². The zero-order valence-corrected chi connectivity index (χ0v) is 12.4. The van der Waals surface area contributed by atoms with E-state index in [2.05, 4.69) is 41.2 Å². The van der Waals surface area contributed by atoms with Crippen molar-refractivity contribution in [1.82, 2.24) is 0 Å². The molecule has 98 valence electrons. The van der Waals surface area contributed by atoms with E-state index in [9.17, 15) is 5.11 Å². The highest BCUT2D eigenvalue weighted by atomic mass is 79.9. The van der Waals surface area contributed by atoms with Crippen LogP contribution in [0.1, 0.15) is 32.3 Å². The molecule has 0 unspecified atom stereocenters. The molecular weight excluding hydrogens is 292 g/mol. The fourth-order valence-electron chi connectivity index (χ4n) is 1.78.